The topological polar surface area (TPSA) is 58.6 Å². The summed E-state index contributed by atoms with van der Waals surface area (Å²) >= 11 is 12.5. The second-order valence-corrected chi connectivity index (χ2v) is 9.52. The van der Waals surface area contributed by atoms with Gasteiger partial charge in [-0.05, 0) is 55.7 Å². The van der Waals surface area contributed by atoms with E-state index in [1.54, 1.807) is 18.2 Å². The number of halogens is 2. The molecule has 0 aliphatic carbocycles. The third kappa shape index (κ3) is 7.74. The third-order valence-electron chi connectivity index (χ3n) is 5.50. The number of aryl methyl sites for hydroxylation is 1. The normalized spacial score (nSPS) is 11.7. The summed E-state index contributed by atoms with van der Waals surface area (Å²) in [4.78, 5) is 28.5. The Morgan fingerprint density at radius 1 is 0.971 bits per heavy atom. The number of hydrogen-bond acceptors (Lipinski definition) is 3. The molecule has 0 saturated heterocycles. The summed E-state index contributed by atoms with van der Waals surface area (Å²) in [6, 6.07) is 21.4. The number of nitrogens with zero attached hydrogens (tertiary/aromatic N) is 1. The van der Waals surface area contributed by atoms with Crippen LogP contribution in [-0.2, 0) is 22.6 Å². The SMILES string of the molecule is Cc1ccccc1OCC(=O)N(Cc1ccc(Cl)cc1Cl)C(Cc1ccccc1)C(=O)NC(C)C. The molecule has 1 unspecified atom stereocenters. The monoisotopic (exact) mass is 512 g/mol. The zero-order valence-corrected chi connectivity index (χ0v) is 21.6. The molecule has 5 nitrogen and oxygen atoms in total. The molecule has 0 radical (unpaired) electrons. The van der Waals surface area contributed by atoms with Crippen LogP contribution in [0.15, 0.2) is 72.8 Å². The van der Waals surface area contributed by atoms with Crippen LogP contribution < -0.4 is 10.1 Å². The Kier molecular flexibility index (Phi) is 9.58. The zero-order chi connectivity index (χ0) is 25.4. The predicted molar refractivity (Wildman–Crippen MR) is 141 cm³/mol. The molecular formula is C28H30Cl2N2O3. The first-order chi connectivity index (χ1) is 16.7. The first-order valence-electron chi connectivity index (χ1n) is 11.5. The maximum atomic E-state index is 13.6. The van der Waals surface area contributed by atoms with E-state index in [1.807, 2.05) is 75.4 Å². The van der Waals surface area contributed by atoms with Crippen LogP contribution in [0.5, 0.6) is 5.75 Å². The fourth-order valence-electron chi connectivity index (χ4n) is 3.71. The lowest BCUT2D eigenvalue weighted by Crippen LogP contribution is -2.52. The van der Waals surface area contributed by atoms with Crippen molar-refractivity contribution in [2.24, 2.45) is 0 Å². The maximum Gasteiger partial charge on any atom is 0.261 e. The number of para-hydroxylation sites is 1. The van der Waals surface area contributed by atoms with Crippen LogP contribution in [0.4, 0.5) is 0 Å². The van der Waals surface area contributed by atoms with Gasteiger partial charge in [-0.2, -0.15) is 0 Å². The van der Waals surface area contributed by atoms with Crippen LogP contribution in [0.2, 0.25) is 10.0 Å². The Morgan fingerprint density at radius 3 is 2.31 bits per heavy atom. The van der Waals surface area contributed by atoms with Crippen LogP contribution in [0.25, 0.3) is 0 Å². The molecular weight excluding hydrogens is 483 g/mol. The number of amides is 2. The highest BCUT2D eigenvalue weighted by Gasteiger charge is 2.31. The van der Waals surface area contributed by atoms with Gasteiger partial charge in [-0.15, -0.1) is 0 Å². The Hall–Kier alpha value is -3.02. The number of benzene rings is 3. The van der Waals surface area contributed by atoms with Crippen molar-refractivity contribution >= 4 is 35.0 Å². The molecule has 3 aromatic rings. The van der Waals surface area contributed by atoms with Gasteiger partial charge in [-0.1, -0.05) is 77.8 Å². The van der Waals surface area contributed by atoms with Gasteiger partial charge in [0.1, 0.15) is 11.8 Å². The van der Waals surface area contributed by atoms with Crippen LogP contribution >= 0.6 is 23.2 Å². The van der Waals surface area contributed by atoms with Gasteiger partial charge in [-0.25, -0.2) is 0 Å². The van der Waals surface area contributed by atoms with Crippen molar-refractivity contribution in [2.45, 2.75) is 45.8 Å². The second kappa shape index (κ2) is 12.6. The summed E-state index contributed by atoms with van der Waals surface area (Å²) in [6.45, 7) is 5.62. The molecule has 0 aromatic heterocycles. The van der Waals surface area contributed by atoms with E-state index in [4.69, 9.17) is 27.9 Å². The van der Waals surface area contributed by atoms with Crippen molar-refractivity contribution in [2.75, 3.05) is 6.61 Å². The van der Waals surface area contributed by atoms with Gasteiger partial charge in [0.05, 0.1) is 0 Å². The molecule has 3 aromatic carbocycles. The molecule has 0 aliphatic heterocycles. The van der Waals surface area contributed by atoms with E-state index in [-0.39, 0.29) is 31.0 Å². The van der Waals surface area contributed by atoms with Gasteiger partial charge in [0.2, 0.25) is 5.91 Å². The average molecular weight is 513 g/mol. The van der Waals surface area contributed by atoms with E-state index in [2.05, 4.69) is 5.32 Å². The highest BCUT2D eigenvalue weighted by atomic mass is 35.5. The number of ether oxygens (including phenoxy) is 1. The summed E-state index contributed by atoms with van der Waals surface area (Å²) in [5.74, 6) is 0.0638. The predicted octanol–water partition coefficient (Wildman–Crippen LogP) is 5.85. The minimum atomic E-state index is -0.764. The molecule has 1 N–H and O–H groups in total. The van der Waals surface area contributed by atoms with Crippen LogP contribution in [0, 0.1) is 6.92 Å². The standard InChI is InChI=1S/C28H30Cl2N2O3/c1-19(2)31-28(34)25(15-21-10-5-4-6-11-21)32(17-22-13-14-23(29)16-24(22)30)27(33)18-35-26-12-8-7-9-20(26)3/h4-14,16,19,25H,15,17-18H2,1-3H3,(H,31,34). The van der Waals surface area contributed by atoms with Gasteiger partial charge < -0.3 is 15.0 Å². The number of carbonyl (C=O) groups excluding carboxylic acids is 2. The fraction of sp³-hybridized carbons (Fsp3) is 0.286. The molecule has 0 bridgehead atoms. The minimum absolute atomic E-state index is 0.0833. The van der Waals surface area contributed by atoms with Crippen molar-refractivity contribution in [1.82, 2.24) is 10.2 Å². The molecule has 2 amide bonds. The molecule has 3 rings (SSSR count). The van der Waals surface area contributed by atoms with E-state index in [0.29, 0.717) is 27.8 Å². The molecule has 7 heteroatoms. The molecule has 0 spiro atoms. The smallest absolute Gasteiger partial charge is 0.261 e. The number of hydrogen-bond donors (Lipinski definition) is 1. The van der Waals surface area contributed by atoms with E-state index in [1.165, 1.54) is 4.90 Å². The molecule has 0 fully saturated rings. The second-order valence-electron chi connectivity index (χ2n) is 8.68. The molecule has 0 saturated carbocycles. The summed E-state index contributed by atoms with van der Waals surface area (Å²) < 4.78 is 5.85. The van der Waals surface area contributed by atoms with E-state index in [9.17, 15) is 9.59 Å². The minimum Gasteiger partial charge on any atom is -0.484 e. The van der Waals surface area contributed by atoms with Crippen molar-refractivity contribution in [3.8, 4) is 5.75 Å². The Balaban J connectivity index is 1.95. The lowest BCUT2D eigenvalue weighted by atomic mass is 10.0. The summed E-state index contributed by atoms with van der Waals surface area (Å²) in [7, 11) is 0. The van der Waals surface area contributed by atoms with Crippen molar-refractivity contribution < 1.29 is 14.3 Å². The third-order valence-corrected chi connectivity index (χ3v) is 6.09. The zero-order valence-electron chi connectivity index (χ0n) is 20.1. The number of nitrogens with one attached hydrogen (secondary N) is 1. The van der Waals surface area contributed by atoms with Gasteiger partial charge >= 0.3 is 0 Å². The van der Waals surface area contributed by atoms with Crippen LogP contribution in [0.1, 0.15) is 30.5 Å². The maximum absolute atomic E-state index is 13.6. The van der Waals surface area contributed by atoms with Crippen molar-refractivity contribution in [1.29, 1.82) is 0 Å². The number of rotatable bonds is 10. The van der Waals surface area contributed by atoms with E-state index >= 15 is 0 Å². The average Bonchev–Trinajstić information content (AvgIpc) is 2.82. The Labute approximate surface area is 217 Å². The lowest BCUT2D eigenvalue weighted by molar-refractivity contribution is -0.143. The Morgan fingerprint density at radius 2 is 1.66 bits per heavy atom. The van der Waals surface area contributed by atoms with Crippen molar-refractivity contribution in [3.63, 3.8) is 0 Å². The summed E-state index contributed by atoms with van der Waals surface area (Å²) in [5, 5.41) is 3.89. The van der Waals surface area contributed by atoms with Gasteiger partial charge in [0, 0.05) is 29.1 Å². The van der Waals surface area contributed by atoms with Gasteiger partial charge in [-0.3, -0.25) is 9.59 Å². The molecule has 35 heavy (non-hydrogen) atoms. The van der Waals surface area contributed by atoms with Crippen LogP contribution in [-0.4, -0.2) is 35.4 Å². The van der Waals surface area contributed by atoms with Crippen LogP contribution in [0.3, 0.4) is 0 Å². The molecule has 184 valence electrons. The Bertz CT molecular complexity index is 1150. The van der Waals surface area contributed by atoms with Gasteiger partial charge in [0.15, 0.2) is 6.61 Å². The van der Waals surface area contributed by atoms with E-state index in [0.717, 1.165) is 11.1 Å². The van der Waals surface area contributed by atoms with Gasteiger partial charge in [0.25, 0.3) is 5.91 Å². The lowest BCUT2D eigenvalue weighted by Gasteiger charge is -2.32. The first-order valence-corrected chi connectivity index (χ1v) is 12.3. The molecule has 0 aliphatic rings. The largest absolute Gasteiger partial charge is 0.484 e. The highest BCUT2D eigenvalue weighted by molar-refractivity contribution is 6.35. The van der Waals surface area contributed by atoms with Crippen molar-refractivity contribution in [3.05, 3.63) is 99.5 Å². The highest BCUT2D eigenvalue weighted by Crippen LogP contribution is 2.24. The quantitative estimate of drug-likeness (QED) is 0.370. The summed E-state index contributed by atoms with van der Waals surface area (Å²) in [6.07, 6.45) is 0.348. The van der Waals surface area contributed by atoms with E-state index < -0.39 is 6.04 Å². The molecule has 0 heterocycles. The summed E-state index contributed by atoms with van der Waals surface area (Å²) in [5.41, 5.74) is 2.55. The molecule has 1 atom stereocenters. The fourth-order valence-corrected chi connectivity index (χ4v) is 4.18. The number of carbonyl (C=O) groups is 2. The first kappa shape index (κ1) is 26.6.